The van der Waals surface area contributed by atoms with E-state index < -0.39 is 23.7 Å². The average molecular weight is 418 g/mol. The minimum Gasteiger partial charge on any atom is -0.362 e. The highest BCUT2D eigenvalue weighted by Crippen LogP contribution is 2.38. The van der Waals surface area contributed by atoms with Crippen molar-refractivity contribution in [1.29, 1.82) is 0 Å². The van der Waals surface area contributed by atoms with Crippen LogP contribution in [0.1, 0.15) is 31.0 Å². The molecule has 3 aliphatic heterocycles. The summed E-state index contributed by atoms with van der Waals surface area (Å²) in [6, 6.07) is 4.69. The van der Waals surface area contributed by atoms with Crippen LogP contribution in [0.15, 0.2) is 71.5 Å². The van der Waals surface area contributed by atoms with E-state index >= 15 is 0 Å². The molecule has 0 bridgehead atoms. The highest BCUT2D eigenvalue weighted by molar-refractivity contribution is 5.95. The SMILES string of the molecule is CC1=CC(c2ccccc2C(F)(F)F)NN2C(C(=O)NC3=CC=CNN3)=C(C)NC12. The van der Waals surface area contributed by atoms with Crippen LogP contribution in [0.5, 0.6) is 0 Å². The Hall–Kier alpha value is -3.40. The second kappa shape index (κ2) is 7.45. The Balaban J connectivity index is 1.63. The number of hydrazine groups is 2. The Bertz CT molecular complexity index is 995. The molecule has 5 N–H and O–H groups in total. The van der Waals surface area contributed by atoms with Crippen LogP contribution in [-0.4, -0.2) is 17.1 Å². The van der Waals surface area contributed by atoms with Gasteiger partial charge in [-0.25, -0.2) is 5.43 Å². The van der Waals surface area contributed by atoms with Crippen LogP contribution in [0.3, 0.4) is 0 Å². The van der Waals surface area contributed by atoms with Crippen molar-refractivity contribution in [3.63, 3.8) is 0 Å². The van der Waals surface area contributed by atoms with Crippen molar-refractivity contribution in [3.8, 4) is 0 Å². The van der Waals surface area contributed by atoms with Gasteiger partial charge < -0.3 is 16.1 Å². The van der Waals surface area contributed by atoms with E-state index in [1.165, 1.54) is 12.1 Å². The minimum atomic E-state index is -4.48. The molecule has 7 nitrogen and oxygen atoms in total. The van der Waals surface area contributed by atoms with Crippen molar-refractivity contribution < 1.29 is 18.0 Å². The maximum atomic E-state index is 13.5. The first-order chi connectivity index (χ1) is 14.3. The molecule has 30 heavy (non-hydrogen) atoms. The summed E-state index contributed by atoms with van der Waals surface area (Å²) in [5.41, 5.74) is 9.75. The predicted molar refractivity (Wildman–Crippen MR) is 104 cm³/mol. The van der Waals surface area contributed by atoms with Crippen LogP contribution < -0.4 is 26.9 Å². The Labute approximate surface area is 171 Å². The van der Waals surface area contributed by atoms with E-state index in [9.17, 15) is 18.0 Å². The van der Waals surface area contributed by atoms with Crippen molar-refractivity contribution in [2.45, 2.75) is 32.2 Å². The zero-order valence-electron chi connectivity index (χ0n) is 16.3. The lowest BCUT2D eigenvalue weighted by molar-refractivity contribution is -0.138. The molecule has 0 radical (unpaired) electrons. The maximum absolute atomic E-state index is 13.5. The molecular weight excluding hydrogens is 397 g/mol. The van der Waals surface area contributed by atoms with Gasteiger partial charge >= 0.3 is 6.18 Å². The van der Waals surface area contributed by atoms with Crippen molar-refractivity contribution in [3.05, 3.63) is 82.6 Å². The summed E-state index contributed by atoms with van der Waals surface area (Å²) >= 11 is 0. The molecule has 4 rings (SSSR count). The third kappa shape index (κ3) is 3.61. The van der Waals surface area contributed by atoms with Gasteiger partial charge in [-0.2, -0.15) is 13.2 Å². The van der Waals surface area contributed by atoms with Gasteiger partial charge in [-0.1, -0.05) is 24.3 Å². The lowest BCUT2D eigenvalue weighted by Crippen LogP contribution is -2.53. The van der Waals surface area contributed by atoms with Crippen molar-refractivity contribution in [1.82, 2.24) is 31.9 Å². The zero-order chi connectivity index (χ0) is 21.5. The number of benzene rings is 1. The number of carbonyl (C=O) groups is 1. The smallest absolute Gasteiger partial charge is 0.362 e. The summed E-state index contributed by atoms with van der Waals surface area (Å²) in [5, 5.41) is 7.55. The monoisotopic (exact) mass is 418 g/mol. The molecule has 1 amide bonds. The molecule has 1 aromatic carbocycles. The molecule has 10 heteroatoms. The number of rotatable bonds is 3. The summed E-state index contributed by atoms with van der Waals surface area (Å²) in [6.45, 7) is 3.57. The standard InChI is InChI=1S/C20H21F3N6O/c1-11-10-15(13-6-3-4-7-14(13)20(21,22)23)28-29-17(12(2)25-18(11)29)19(30)26-16-8-5-9-24-27-16/h3-10,15,18,24-25,27-28H,1-2H3,(H,26,30). The highest BCUT2D eigenvalue weighted by Gasteiger charge is 2.41. The van der Waals surface area contributed by atoms with Gasteiger partial charge in [0.05, 0.1) is 11.6 Å². The van der Waals surface area contributed by atoms with Crippen LogP contribution in [0.4, 0.5) is 13.2 Å². The van der Waals surface area contributed by atoms with Gasteiger partial charge in [-0.15, -0.1) is 0 Å². The van der Waals surface area contributed by atoms with Gasteiger partial charge in [0.1, 0.15) is 17.7 Å². The molecule has 2 atom stereocenters. The molecule has 0 aromatic heterocycles. The number of carbonyl (C=O) groups excluding carboxylic acids is 1. The molecule has 0 fully saturated rings. The van der Waals surface area contributed by atoms with Gasteiger partial charge in [0.15, 0.2) is 0 Å². The number of halogens is 3. The summed E-state index contributed by atoms with van der Waals surface area (Å²) in [6.07, 6.45) is 1.96. The largest absolute Gasteiger partial charge is 0.416 e. The van der Waals surface area contributed by atoms with Crippen LogP contribution in [0.25, 0.3) is 0 Å². The number of allylic oxidation sites excluding steroid dienone is 3. The Morgan fingerprint density at radius 2 is 1.97 bits per heavy atom. The molecule has 0 spiro atoms. The van der Waals surface area contributed by atoms with E-state index in [0.29, 0.717) is 17.2 Å². The third-order valence-corrected chi connectivity index (χ3v) is 5.06. The van der Waals surface area contributed by atoms with Crippen LogP contribution in [-0.2, 0) is 11.0 Å². The average Bonchev–Trinajstić information content (AvgIpc) is 3.04. The summed E-state index contributed by atoms with van der Waals surface area (Å²) < 4.78 is 40.6. The Morgan fingerprint density at radius 1 is 1.20 bits per heavy atom. The zero-order valence-corrected chi connectivity index (χ0v) is 16.3. The van der Waals surface area contributed by atoms with E-state index in [4.69, 9.17) is 0 Å². The number of nitrogens with zero attached hydrogens (tertiary/aromatic N) is 1. The van der Waals surface area contributed by atoms with Crippen molar-refractivity contribution in [2.75, 3.05) is 0 Å². The van der Waals surface area contributed by atoms with Gasteiger partial charge in [0, 0.05) is 11.9 Å². The number of hydrogen-bond acceptors (Lipinski definition) is 6. The number of nitrogens with one attached hydrogen (secondary N) is 5. The summed E-state index contributed by atoms with van der Waals surface area (Å²) in [5.74, 6) is 0.0536. The Morgan fingerprint density at radius 3 is 2.67 bits per heavy atom. The van der Waals surface area contributed by atoms with E-state index in [0.717, 1.165) is 11.6 Å². The fraction of sp³-hybridized carbons (Fsp3) is 0.250. The normalized spacial score (nSPS) is 23.0. The van der Waals surface area contributed by atoms with E-state index in [2.05, 4.69) is 26.9 Å². The third-order valence-electron chi connectivity index (χ3n) is 5.06. The molecule has 0 saturated heterocycles. The van der Waals surface area contributed by atoms with Crippen LogP contribution in [0.2, 0.25) is 0 Å². The molecule has 158 valence electrons. The van der Waals surface area contributed by atoms with E-state index in [1.807, 2.05) is 6.92 Å². The lowest BCUT2D eigenvalue weighted by atomic mass is 9.96. The van der Waals surface area contributed by atoms with Crippen molar-refractivity contribution in [2.24, 2.45) is 0 Å². The second-order valence-corrected chi connectivity index (χ2v) is 7.16. The van der Waals surface area contributed by atoms with Crippen molar-refractivity contribution >= 4 is 5.91 Å². The number of hydrogen-bond donors (Lipinski definition) is 5. The van der Waals surface area contributed by atoms with Gasteiger partial charge in [-0.05, 0) is 43.2 Å². The van der Waals surface area contributed by atoms with Gasteiger partial charge in [0.2, 0.25) is 0 Å². The topological polar surface area (TPSA) is 80.5 Å². The minimum absolute atomic E-state index is 0.0955. The van der Waals surface area contributed by atoms with Gasteiger partial charge in [-0.3, -0.25) is 15.2 Å². The fourth-order valence-electron chi connectivity index (χ4n) is 3.72. The molecule has 3 aliphatic rings. The first-order valence-electron chi connectivity index (χ1n) is 9.32. The highest BCUT2D eigenvalue weighted by atomic mass is 19.4. The summed E-state index contributed by atoms with van der Waals surface area (Å²) in [7, 11) is 0. The quantitative estimate of drug-likeness (QED) is 0.485. The predicted octanol–water partition coefficient (Wildman–Crippen LogP) is 2.25. The molecule has 1 aromatic rings. The molecule has 3 heterocycles. The molecule has 2 unspecified atom stereocenters. The summed E-state index contributed by atoms with van der Waals surface area (Å²) in [4.78, 5) is 12.9. The first kappa shape index (κ1) is 19.9. The van der Waals surface area contributed by atoms with Crippen LogP contribution in [0, 0.1) is 0 Å². The van der Waals surface area contributed by atoms with Gasteiger partial charge in [0.25, 0.3) is 5.91 Å². The van der Waals surface area contributed by atoms with E-state index in [1.54, 1.807) is 42.4 Å². The van der Waals surface area contributed by atoms with E-state index in [-0.39, 0.29) is 11.7 Å². The Kier molecular flexibility index (Phi) is 4.94. The number of amides is 1. The molecule has 0 aliphatic carbocycles. The lowest BCUT2D eigenvalue weighted by Gasteiger charge is -2.38. The molecule has 0 saturated carbocycles. The number of alkyl halides is 3. The molecular formula is C20H21F3N6O. The fourth-order valence-corrected chi connectivity index (χ4v) is 3.72. The van der Waals surface area contributed by atoms with Crippen LogP contribution >= 0.6 is 0 Å². The number of fused-ring (bicyclic) bond motifs is 1. The second-order valence-electron chi connectivity index (χ2n) is 7.16. The maximum Gasteiger partial charge on any atom is 0.416 e. The first-order valence-corrected chi connectivity index (χ1v) is 9.32.